The fourth-order valence-electron chi connectivity index (χ4n) is 0. The Labute approximate surface area is 62.0 Å². The van der Waals surface area contributed by atoms with Crippen LogP contribution in [0, 0.1) is 0 Å². The van der Waals surface area contributed by atoms with E-state index in [1.807, 2.05) is 0 Å². The second-order valence-corrected chi connectivity index (χ2v) is 2.05. The number of rotatable bonds is 0. The second-order valence-electron chi connectivity index (χ2n) is 0.519. The van der Waals surface area contributed by atoms with E-state index < -0.39 is 0 Å². The molecule has 0 bridgehead atoms. The van der Waals surface area contributed by atoms with Crippen molar-refractivity contribution in [3.63, 3.8) is 0 Å². The molecule has 0 heterocycles. The summed E-state index contributed by atoms with van der Waals surface area (Å²) in [6, 6.07) is 0. The number of halogens is 2. The van der Waals surface area contributed by atoms with E-state index in [1.165, 1.54) is 0 Å². The van der Waals surface area contributed by atoms with Gasteiger partial charge in [0, 0.05) is 27.3 Å². The summed E-state index contributed by atoms with van der Waals surface area (Å²) in [6.07, 6.45) is 0. The molecule has 0 spiro atoms. The third-order valence-corrected chi connectivity index (χ3v) is 0. The Morgan fingerprint density at radius 3 is 1.40 bits per heavy atom. The summed E-state index contributed by atoms with van der Waals surface area (Å²) in [5.41, 5.74) is 0. The van der Waals surface area contributed by atoms with Gasteiger partial charge < -0.3 is 0 Å². The van der Waals surface area contributed by atoms with E-state index >= 15 is 0 Å². The molecule has 0 fully saturated rings. The van der Waals surface area contributed by atoms with Gasteiger partial charge in [-0.15, -0.1) is 23.2 Å². The minimum atomic E-state index is -0.222. The van der Waals surface area contributed by atoms with Gasteiger partial charge in [0.25, 0.3) is 0 Å². The first-order valence-electron chi connectivity index (χ1n) is 1.01. The van der Waals surface area contributed by atoms with Crippen LogP contribution in [0.1, 0.15) is 6.92 Å². The maximum atomic E-state index is 5.04. The molecule has 0 rings (SSSR count). The molecule has 0 aliphatic rings. The average Bonchev–Trinajstić information content (AvgIpc) is 0.811. The molecule has 0 aromatic carbocycles. The zero-order valence-electron chi connectivity index (χ0n) is 2.83. The van der Waals surface area contributed by atoms with Crippen LogP contribution in [0.2, 0.25) is 0 Å². The molecule has 5 heavy (non-hydrogen) atoms. The molecule has 0 atom stereocenters. The Balaban J connectivity index is 0. The molecular formula is C2H4Cl2Pb. The molecule has 0 aromatic heterocycles. The van der Waals surface area contributed by atoms with Crippen LogP contribution < -0.4 is 0 Å². The molecule has 0 saturated heterocycles. The molecule has 0 aliphatic heterocycles. The van der Waals surface area contributed by atoms with Crippen LogP contribution in [0.15, 0.2) is 0 Å². The van der Waals surface area contributed by atoms with Crippen molar-refractivity contribution in [2.24, 2.45) is 0 Å². The summed E-state index contributed by atoms with van der Waals surface area (Å²) in [5.74, 6) is 0. The number of hydrogen-bond donors (Lipinski definition) is 0. The van der Waals surface area contributed by atoms with Gasteiger partial charge in [0.1, 0.15) is 4.84 Å². The molecule has 0 saturated carbocycles. The van der Waals surface area contributed by atoms with Gasteiger partial charge in [0.2, 0.25) is 0 Å². The first-order valence-corrected chi connectivity index (χ1v) is 1.89. The standard InChI is InChI=1S/C2H4Cl2.Pb/c1-2(3)4;/h2H,1H3;. The van der Waals surface area contributed by atoms with Crippen LogP contribution in [0.5, 0.6) is 0 Å². The van der Waals surface area contributed by atoms with Gasteiger partial charge >= 0.3 is 0 Å². The smallest absolute Gasteiger partial charge is 0.105 e. The average molecular weight is 306 g/mol. The molecule has 0 N–H and O–H groups in total. The number of hydrogen-bond acceptors (Lipinski definition) is 0. The van der Waals surface area contributed by atoms with E-state index in [-0.39, 0.29) is 32.1 Å². The molecule has 0 nitrogen and oxygen atoms in total. The van der Waals surface area contributed by atoms with Crippen LogP contribution in [0.4, 0.5) is 0 Å². The first kappa shape index (κ1) is 9.71. The molecule has 0 unspecified atom stereocenters. The fraction of sp³-hybridized carbons (Fsp3) is 1.00. The summed E-state index contributed by atoms with van der Waals surface area (Å²) in [6.45, 7) is 1.70. The SMILES string of the molecule is CC(Cl)Cl.[Pb]. The fourth-order valence-corrected chi connectivity index (χ4v) is 0. The third kappa shape index (κ3) is 29.9. The van der Waals surface area contributed by atoms with Crippen molar-refractivity contribution in [3.8, 4) is 0 Å². The maximum Gasteiger partial charge on any atom is 0.105 e. The first-order chi connectivity index (χ1) is 1.73. The largest absolute Gasteiger partial charge is 0.106 e. The van der Waals surface area contributed by atoms with Crippen molar-refractivity contribution in [2.45, 2.75) is 11.8 Å². The summed E-state index contributed by atoms with van der Waals surface area (Å²) < 4.78 is 0. The minimum Gasteiger partial charge on any atom is -0.106 e. The van der Waals surface area contributed by atoms with E-state index in [0.29, 0.717) is 0 Å². The monoisotopic (exact) mass is 306 g/mol. The molecule has 4 radical (unpaired) electrons. The van der Waals surface area contributed by atoms with Crippen molar-refractivity contribution < 1.29 is 0 Å². The van der Waals surface area contributed by atoms with Crippen molar-refractivity contribution in [2.75, 3.05) is 0 Å². The Morgan fingerprint density at radius 2 is 1.40 bits per heavy atom. The summed E-state index contributed by atoms with van der Waals surface area (Å²) in [4.78, 5) is -0.222. The van der Waals surface area contributed by atoms with Gasteiger partial charge in [-0.3, -0.25) is 0 Å². The Morgan fingerprint density at radius 1 is 1.40 bits per heavy atom. The Hall–Kier alpha value is 1.50. The van der Waals surface area contributed by atoms with Crippen molar-refractivity contribution in [1.82, 2.24) is 0 Å². The number of alkyl halides is 2. The van der Waals surface area contributed by atoms with Crippen LogP contribution in [0.25, 0.3) is 0 Å². The normalized spacial score (nSPS) is 7.20. The van der Waals surface area contributed by atoms with Crippen LogP contribution in [0.3, 0.4) is 0 Å². The van der Waals surface area contributed by atoms with Gasteiger partial charge in [0.15, 0.2) is 0 Å². The van der Waals surface area contributed by atoms with Crippen molar-refractivity contribution >= 4 is 50.5 Å². The van der Waals surface area contributed by atoms with Crippen molar-refractivity contribution in [1.29, 1.82) is 0 Å². The predicted molar refractivity (Wildman–Crippen MR) is 26.9 cm³/mol. The summed E-state index contributed by atoms with van der Waals surface area (Å²) >= 11 is 10.1. The molecule has 0 aromatic rings. The Bertz CT molecular complexity index is 12.4. The van der Waals surface area contributed by atoms with E-state index in [0.717, 1.165) is 0 Å². The quantitative estimate of drug-likeness (QED) is 0.469. The van der Waals surface area contributed by atoms with E-state index in [1.54, 1.807) is 6.92 Å². The zero-order chi connectivity index (χ0) is 3.58. The van der Waals surface area contributed by atoms with Crippen LogP contribution in [-0.2, 0) is 0 Å². The molecule has 30 valence electrons. The van der Waals surface area contributed by atoms with Crippen LogP contribution in [-0.4, -0.2) is 32.1 Å². The minimum absolute atomic E-state index is 0. The molecular weight excluding hydrogens is 302 g/mol. The molecule has 0 aliphatic carbocycles. The molecule has 0 amide bonds. The topological polar surface area (TPSA) is 0 Å². The van der Waals surface area contributed by atoms with Crippen LogP contribution >= 0.6 is 23.2 Å². The van der Waals surface area contributed by atoms with E-state index in [4.69, 9.17) is 23.2 Å². The van der Waals surface area contributed by atoms with Gasteiger partial charge in [-0.05, 0) is 6.92 Å². The summed E-state index contributed by atoms with van der Waals surface area (Å²) in [7, 11) is 0. The third-order valence-electron chi connectivity index (χ3n) is 0. The van der Waals surface area contributed by atoms with Gasteiger partial charge in [-0.1, -0.05) is 0 Å². The Kier molecular flexibility index (Phi) is 10.7. The van der Waals surface area contributed by atoms with Gasteiger partial charge in [-0.25, -0.2) is 0 Å². The van der Waals surface area contributed by atoms with Gasteiger partial charge in [-0.2, -0.15) is 0 Å². The van der Waals surface area contributed by atoms with E-state index in [2.05, 4.69) is 0 Å². The van der Waals surface area contributed by atoms with Crippen molar-refractivity contribution in [3.05, 3.63) is 0 Å². The second kappa shape index (κ2) is 5.50. The molecule has 3 heteroatoms. The maximum absolute atomic E-state index is 5.04. The summed E-state index contributed by atoms with van der Waals surface area (Å²) in [5, 5.41) is 0. The zero-order valence-corrected chi connectivity index (χ0v) is 8.23. The predicted octanol–water partition coefficient (Wildman–Crippen LogP) is 1.43. The van der Waals surface area contributed by atoms with Gasteiger partial charge in [0.05, 0.1) is 0 Å². The van der Waals surface area contributed by atoms with E-state index in [9.17, 15) is 0 Å².